The minimum Gasteiger partial charge on any atom is -0.480 e. The van der Waals surface area contributed by atoms with Gasteiger partial charge in [0.2, 0.25) is 0 Å². The highest BCUT2D eigenvalue weighted by Crippen LogP contribution is 2.26. The van der Waals surface area contributed by atoms with Gasteiger partial charge in [-0.1, -0.05) is 12.1 Å². The Bertz CT molecular complexity index is 269. The second-order valence-corrected chi connectivity index (χ2v) is 3.01. The molecule has 1 atom stereocenters. The van der Waals surface area contributed by atoms with Crippen LogP contribution in [0.2, 0.25) is 0 Å². The van der Waals surface area contributed by atoms with Gasteiger partial charge in [-0.25, -0.2) is 0 Å². The quantitative estimate of drug-likeness (QED) is 0.586. The fraction of sp³-hybridized carbons (Fsp3) is 0.333. The Morgan fingerprint density at radius 2 is 1.64 bits per heavy atom. The molecule has 0 saturated heterocycles. The van der Waals surface area contributed by atoms with Crippen molar-refractivity contribution < 1.29 is 4.52 Å². The largest absolute Gasteiger partial charge is 0.480 e. The van der Waals surface area contributed by atoms with Crippen LogP contribution in [-0.4, -0.2) is 0 Å². The minimum absolute atomic E-state index is 0.981. The van der Waals surface area contributed by atoms with E-state index in [1.807, 2.05) is 6.92 Å². The Balaban J connectivity index is 3.29. The van der Waals surface area contributed by atoms with E-state index in [4.69, 9.17) is 4.52 Å². The van der Waals surface area contributed by atoms with Gasteiger partial charge in [0.25, 0.3) is 0 Å². The summed E-state index contributed by atoms with van der Waals surface area (Å²) in [4.78, 5) is 0. The molecule has 0 saturated carbocycles. The van der Waals surface area contributed by atoms with Gasteiger partial charge in [0.1, 0.15) is 5.75 Å². The van der Waals surface area contributed by atoms with Crippen LogP contribution in [0.25, 0.3) is 0 Å². The molecule has 0 aromatic heterocycles. The van der Waals surface area contributed by atoms with Crippen molar-refractivity contribution in [3.63, 3.8) is 0 Å². The highest BCUT2D eigenvalue weighted by Gasteiger charge is 2.03. The first kappa shape index (κ1) is 8.55. The predicted octanol–water partition coefficient (Wildman–Crippen LogP) is 2.78. The number of hydrogen-bond donors (Lipinski definition) is 0. The summed E-state index contributed by atoms with van der Waals surface area (Å²) in [5.41, 5.74) is 3.68. The second-order valence-electron chi connectivity index (χ2n) is 2.77. The molecular formula is C9H13OP. The maximum Gasteiger partial charge on any atom is 0.128 e. The zero-order valence-electron chi connectivity index (χ0n) is 7.14. The number of rotatable bonds is 1. The van der Waals surface area contributed by atoms with Gasteiger partial charge in [-0.05, 0) is 37.5 Å². The second kappa shape index (κ2) is 3.23. The van der Waals surface area contributed by atoms with Gasteiger partial charge in [-0.15, -0.1) is 0 Å². The molecule has 0 aliphatic carbocycles. The monoisotopic (exact) mass is 168 g/mol. The van der Waals surface area contributed by atoms with E-state index in [-0.39, 0.29) is 0 Å². The standard InChI is InChI=1S/C9H13OP/c1-6-4-5-7(2)9(10-11)8(6)3/h4-5H,11H2,1-3H3. The summed E-state index contributed by atoms with van der Waals surface area (Å²) >= 11 is 0. The zero-order valence-corrected chi connectivity index (χ0v) is 8.29. The Morgan fingerprint density at radius 1 is 1.09 bits per heavy atom. The lowest BCUT2D eigenvalue weighted by Crippen LogP contribution is -1.88. The van der Waals surface area contributed by atoms with Crippen LogP contribution >= 0.6 is 9.47 Å². The Kier molecular flexibility index (Phi) is 2.51. The summed E-state index contributed by atoms with van der Waals surface area (Å²) in [5.74, 6) is 0.981. The zero-order chi connectivity index (χ0) is 8.43. The Hall–Kier alpha value is -0.550. The van der Waals surface area contributed by atoms with Crippen molar-refractivity contribution in [2.24, 2.45) is 0 Å². The lowest BCUT2D eigenvalue weighted by Gasteiger charge is -2.09. The van der Waals surface area contributed by atoms with Crippen LogP contribution in [0.3, 0.4) is 0 Å². The van der Waals surface area contributed by atoms with Crippen LogP contribution in [-0.2, 0) is 0 Å². The average molecular weight is 168 g/mol. The maximum absolute atomic E-state index is 5.17. The Labute approximate surface area is 70.1 Å². The van der Waals surface area contributed by atoms with Crippen molar-refractivity contribution in [2.45, 2.75) is 20.8 Å². The van der Waals surface area contributed by atoms with Crippen LogP contribution in [0.1, 0.15) is 16.7 Å². The van der Waals surface area contributed by atoms with Gasteiger partial charge >= 0.3 is 0 Å². The van der Waals surface area contributed by atoms with Crippen molar-refractivity contribution in [1.29, 1.82) is 0 Å². The van der Waals surface area contributed by atoms with Crippen LogP contribution in [0, 0.1) is 20.8 Å². The van der Waals surface area contributed by atoms with E-state index >= 15 is 0 Å². The molecule has 0 spiro atoms. The van der Waals surface area contributed by atoms with E-state index in [1.54, 1.807) is 0 Å². The summed E-state index contributed by atoms with van der Waals surface area (Å²) in [5, 5.41) is 0. The van der Waals surface area contributed by atoms with E-state index in [2.05, 4.69) is 35.4 Å². The van der Waals surface area contributed by atoms with Gasteiger partial charge in [-0.2, -0.15) is 0 Å². The topological polar surface area (TPSA) is 9.23 Å². The summed E-state index contributed by atoms with van der Waals surface area (Å²) < 4.78 is 5.17. The number of aryl methyl sites for hydroxylation is 2. The van der Waals surface area contributed by atoms with Crippen LogP contribution in [0.15, 0.2) is 12.1 Å². The normalized spacial score (nSPS) is 9.82. The molecule has 1 rings (SSSR count). The minimum atomic E-state index is 0.981. The van der Waals surface area contributed by atoms with E-state index in [0.717, 1.165) is 5.75 Å². The van der Waals surface area contributed by atoms with Crippen molar-refractivity contribution in [2.75, 3.05) is 0 Å². The molecule has 0 fully saturated rings. The van der Waals surface area contributed by atoms with E-state index < -0.39 is 0 Å². The molecular weight excluding hydrogens is 155 g/mol. The van der Waals surface area contributed by atoms with E-state index in [9.17, 15) is 0 Å². The summed E-state index contributed by atoms with van der Waals surface area (Å²) in [7, 11) is 2.28. The highest BCUT2D eigenvalue weighted by molar-refractivity contribution is 7.10. The molecule has 0 bridgehead atoms. The van der Waals surface area contributed by atoms with Crippen LogP contribution in [0.5, 0.6) is 5.75 Å². The summed E-state index contributed by atoms with van der Waals surface area (Å²) in [6, 6.07) is 4.18. The summed E-state index contributed by atoms with van der Waals surface area (Å²) in [6.07, 6.45) is 0. The maximum atomic E-state index is 5.17. The first-order valence-corrected chi connectivity index (χ1v) is 4.07. The van der Waals surface area contributed by atoms with Gasteiger partial charge < -0.3 is 4.52 Å². The number of benzene rings is 1. The van der Waals surface area contributed by atoms with Crippen molar-refractivity contribution in [3.05, 3.63) is 28.8 Å². The lowest BCUT2D eigenvalue weighted by atomic mass is 10.1. The van der Waals surface area contributed by atoms with Crippen molar-refractivity contribution in [1.82, 2.24) is 0 Å². The molecule has 1 unspecified atom stereocenters. The third kappa shape index (κ3) is 1.54. The Morgan fingerprint density at radius 3 is 2.09 bits per heavy atom. The SMILES string of the molecule is Cc1ccc(C)c(OP)c1C. The van der Waals surface area contributed by atoms with E-state index in [0.29, 0.717) is 0 Å². The average Bonchev–Trinajstić information content (AvgIpc) is 1.99. The molecule has 11 heavy (non-hydrogen) atoms. The molecule has 60 valence electrons. The predicted molar refractivity (Wildman–Crippen MR) is 51.0 cm³/mol. The first-order valence-electron chi connectivity index (χ1n) is 3.60. The van der Waals surface area contributed by atoms with E-state index in [1.165, 1.54) is 16.7 Å². The molecule has 0 heterocycles. The molecule has 0 aliphatic heterocycles. The van der Waals surface area contributed by atoms with Crippen LogP contribution < -0.4 is 4.52 Å². The lowest BCUT2D eigenvalue weighted by molar-refractivity contribution is 0.632. The smallest absolute Gasteiger partial charge is 0.128 e. The molecule has 2 heteroatoms. The fourth-order valence-corrected chi connectivity index (χ4v) is 1.47. The highest BCUT2D eigenvalue weighted by atomic mass is 31.0. The molecule has 0 amide bonds. The van der Waals surface area contributed by atoms with Gasteiger partial charge in [0.05, 0.1) is 9.47 Å². The molecule has 1 aromatic rings. The third-order valence-corrected chi connectivity index (χ3v) is 2.23. The van der Waals surface area contributed by atoms with Crippen LogP contribution in [0.4, 0.5) is 0 Å². The fourth-order valence-electron chi connectivity index (χ4n) is 1.11. The summed E-state index contributed by atoms with van der Waals surface area (Å²) in [6.45, 7) is 6.20. The van der Waals surface area contributed by atoms with Gasteiger partial charge in [0.15, 0.2) is 0 Å². The molecule has 1 aromatic carbocycles. The molecule has 0 aliphatic rings. The molecule has 0 N–H and O–H groups in total. The molecule has 0 radical (unpaired) electrons. The number of hydrogen-bond acceptors (Lipinski definition) is 1. The van der Waals surface area contributed by atoms with Gasteiger partial charge in [0, 0.05) is 0 Å². The van der Waals surface area contributed by atoms with Crippen molar-refractivity contribution >= 4 is 9.47 Å². The third-order valence-electron chi connectivity index (χ3n) is 1.99. The van der Waals surface area contributed by atoms with Crippen molar-refractivity contribution in [3.8, 4) is 5.75 Å². The first-order chi connectivity index (χ1) is 5.16. The van der Waals surface area contributed by atoms with Gasteiger partial charge in [-0.3, -0.25) is 0 Å². The molecule has 1 nitrogen and oxygen atoms in total.